The quantitative estimate of drug-likeness (QED) is 0.532. The van der Waals surface area contributed by atoms with Crippen LogP contribution >= 0.6 is 0 Å². The van der Waals surface area contributed by atoms with Gasteiger partial charge in [-0.25, -0.2) is 0 Å². The predicted molar refractivity (Wildman–Crippen MR) is 106 cm³/mol. The Morgan fingerprint density at radius 3 is 2.84 bits per heavy atom. The van der Waals surface area contributed by atoms with Crippen molar-refractivity contribution in [2.75, 3.05) is 19.8 Å². The van der Waals surface area contributed by atoms with Gasteiger partial charge in [0.1, 0.15) is 5.75 Å². The van der Waals surface area contributed by atoms with Crippen molar-refractivity contribution in [2.45, 2.75) is 32.5 Å². The van der Waals surface area contributed by atoms with Crippen molar-refractivity contribution in [3.8, 4) is 5.75 Å². The second kappa shape index (κ2) is 9.73. The van der Waals surface area contributed by atoms with Gasteiger partial charge in [0.2, 0.25) is 5.91 Å². The van der Waals surface area contributed by atoms with E-state index >= 15 is 0 Å². The summed E-state index contributed by atoms with van der Waals surface area (Å²) in [5, 5.41) is 16.6. The number of pyridine rings is 2. The first-order chi connectivity index (χ1) is 14.7. The van der Waals surface area contributed by atoms with Gasteiger partial charge in [0, 0.05) is 24.3 Å². The summed E-state index contributed by atoms with van der Waals surface area (Å²) in [6.45, 7) is 1.64. The first-order valence-corrected chi connectivity index (χ1v) is 9.59. The Labute approximate surface area is 176 Å². The molecule has 166 valence electrons. The van der Waals surface area contributed by atoms with Crippen LogP contribution in [-0.4, -0.2) is 56.7 Å². The molecule has 3 rings (SSSR count). The predicted octanol–water partition coefficient (Wildman–Crippen LogP) is 2.17. The van der Waals surface area contributed by atoms with Gasteiger partial charge >= 0.3 is 6.18 Å². The third-order valence-corrected chi connectivity index (χ3v) is 4.41. The number of aliphatic hydroxyl groups excluding tert-OH is 1. The molecular weight excluding hydrogens is 415 g/mol. The lowest BCUT2D eigenvalue weighted by Gasteiger charge is -2.11. The van der Waals surface area contributed by atoms with E-state index in [1.807, 2.05) is 0 Å². The van der Waals surface area contributed by atoms with Crippen LogP contribution in [0, 0.1) is 6.92 Å². The molecule has 0 aliphatic carbocycles. The van der Waals surface area contributed by atoms with Gasteiger partial charge in [-0.1, -0.05) is 0 Å². The molecule has 0 unspecified atom stereocenters. The first-order valence-electron chi connectivity index (χ1n) is 9.59. The number of aryl methyl sites for hydroxylation is 1. The van der Waals surface area contributed by atoms with E-state index in [9.17, 15) is 18.0 Å². The first kappa shape index (κ1) is 22.5. The standard InChI is InChI=1S/C20H22F3N5O3/c1-13-8-14(26-10-18(13)31-7-3-20(21,22)23)11-28-12-15-16(27-28)2-4-24-17(15)9-19(30)25-5-6-29/h2,4,8,10,12,29H,3,5-7,9,11H2,1H3,(H,25,30). The van der Waals surface area contributed by atoms with E-state index in [1.54, 1.807) is 36.1 Å². The Balaban J connectivity index is 1.69. The van der Waals surface area contributed by atoms with Crippen molar-refractivity contribution in [3.63, 3.8) is 0 Å². The number of alkyl halides is 3. The number of ether oxygens (including phenoxy) is 1. The highest BCUT2D eigenvalue weighted by Gasteiger charge is 2.27. The number of hydrogen-bond donors (Lipinski definition) is 2. The minimum atomic E-state index is -4.27. The van der Waals surface area contributed by atoms with E-state index in [1.165, 1.54) is 6.20 Å². The van der Waals surface area contributed by atoms with E-state index in [4.69, 9.17) is 9.84 Å². The van der Waals surface area contributed by atoms with Crippen LogP contribution in [0.25, 0.3) is 10.9 Å². The summed E-state index contributed by atoms with van der Waals surface area (Å²) in [6.07, 6.45) is -0.488. The van der Waals surface area contributed by atoms with E-state index in [-0.39, 0.29) is 25.5 Å². The molecule has 3 aromatic rings. The zero-order valence-corrected chi connectivity index (χ0v) is 16.8. The summed E-state index contributed by atoms with van der Waals surface area (Å²) < 4.78 is 43.6. The van der Waals surface area contributed by atoms with Gasteiger partial charge < -0.3 is 15.2 Å². The summed E-state index contributed by atoms with van der Waals surface area (Å²) >= 11 is 0. The van der Waals surface area contributed by atoms with Crippen molar-refractivity contribution in [1.82, 2.24) is 25.1 Å². The van der Waals surface area contributed by atoms with Crippen LogP contribution in [0.5, 0.6) is 5.75 Å². The molecule has 1 amide bonds. The lowest BCUT2D eigenvalue weighted by Crippen LogP contribution is -2.28. The minimum absolute atomic E-state index is 0.0599. The largest absolute Gasteiger partial charge is 0.491 e. The monoisotopic (exact) mass is 437 g/mol. The summed E-state index contributed by atoms with van der Waals surface area (Å²) in [7, 11) is 0. The Morgan fingerprint density at radius 2 is 2.13 bits per heavy atom. The number of carbonyl (C=O) groups excluding carboxylic acids is 1. The molecule has 0 saturated heterocycles. The topological polar surface area (TPSA) is 102 Å². The fraction of sp³-hybridized carbons (Fsp3) is 0.400. The van der Waals surface area contributed by atoms with E-state index in [0.717, 1.165) is 5.39 Å². The van der Waals surface area contributed by atoms with Gasteiger partial charge in [0.05, 0.1) is 55.7 Å². The van der Waals surface area contributed by atoms with Crippen LogP contribution in [-0.2, 0) is 17.8 Å². The van der Waals surface area contributed by atoms with Gasteiger partial charge in [0.25, 0.3) is 0 Å². The van der Waals surface area contributed by atoms with Gasteiger partial charge in [-0.05, 0) is 24.6 Å². The highest BCUT2D eigenvalue weighted by Crippen LogP contribution is 2.23. The fourth-order valence-electron chi connectivity index (χ4n) is 2.96. The zero-order valence-electron chi connectivity index (χ0n) is 16.8. The number of aromatic nitrogens is 4. The molecule has 11 heteroatoms. The second-order valence-electron chi connectivity index (χ2n) is 6.92. The molecule has 0 fully saturated rings. The molecule has 3 aromatic heterocycles. The number of amides is 1. The van der Waals surface area contributed by atoms with Crippen molar-refractivity contribution >= 4 is 16.8 Å². The molecule has 8 nitrogen and oxygen atoms in total. The van der Waals surface area contributed by atoms with Gasteiger partial charge in [0.15, 0.2) is 0 Å². The molecule has 0 radical (unpaired) electrons. The van der Waals surface area contributed by atoms with Crippen LogP contribution in [0.1, 0.15) is 23.4 Å². The number of halogens is 3. The third kappa shape index (κ3) is 6.38. The summed E-state index contributed by atoms with van der Waals surface area (Å²) in [6, 6.07) is 3.47. The molecule has 0 aromatic carbocycles. The van der Waals surface area contributed by atoms with Crippen LogP contribution in [0.4, 0.5) is 13.2 Å². The SMILES string of the molecule is Cc1cc(Cn2cc3c(CC(=O)NCCO)nccc3n2)ncc1OCCC(F)(F)F. The number of fused-ring (bicyclic) bond motifs is 1. The average Bonchev–Trinajstić information content (AvgIpc) is 3.10. The van der Waals surface area contributed by atoms with E-state index in [0.29, 0.717) is 34.8 Å². The van der Waals surface area contributed by atoms with Gasteiger partial charge in [-0.15, -0.1) is 0 Å². The number of carbonyl (C=O) groups is 1. The Hall–Kier alpha value is -3.21. The van der Waals surface area contributed by atoms with Crippen LogP contribution in [0.2, 0.25) is 0 Å². The fourth-order valence-corrected chi connectivity index (χ4v) is 2.96. The Kier molecular flexibility index (Phi) is 7.06. The molecule has 31 heavy (non-hydrogen) atoms. The number of nitrogens with one attached hydrogen (secondary N) is 1. The number of hydrogen-bond acceptors (Lipinski definition) is 6. The Bertz CT molecular complexity index is 1050. The highest BCUT2D eigenvalue weighted by molar-refractivity contribution is 5.86. The van der Waals surface area contributed by atoms with Crippen LogP contribution in [0.15, 0.2) is 30.7 Å². The minimum Gasteiger partial charge on any atom is -0.491 e. The molecule has 0 aliphatic heterocycles. The maximum atomic E-state index is 12.3. The summed E-state index contributed by atoms with van der Waals surface area (Å²) in [4.78, 5) is 20.5. The molecule has 3 heterocycles. The van der Waals surface area contributed by atoms with Crippen molar-refractivity contribution in [1.29, 1.82) is 0 Å². The van der Waals surface area contributed by atoms with Crippen molar-refractivity contribution in [2.24, 2.45) is 0 Å². The molecule has 2 N–H and O–H groups in total. The normalized spacial score (nSPS) is 11.6. The van der Waals surface area contributed by atoms with E-state index in [2.05, 4.69) is 20.4 Å². The van der Waals surface area contributed by atoms with Crippen molar-refractivity contribution in [3.05, 3.63) is 47.7 Å². The van der Waals surface area contributed by atoms with Crippen molar-refractivity contribution < 1.29 is 27.8 Å². The summed E-state index contributed by atoms with van der Waals surface area (Å²) in [5.41, 5.74) is 2.57. The van der Waals surface area contributed by atoms with Gasteiger partial charge in [-0.2, -0.15) is 18.3 Å². The molecule has 0 atom stereocenters. The molecule has 0 spiro atoms. The smallest absolute Gasteiger partial charge is 0.392 e. The molecule has 0 saturated carbocycles. The zero-order chi connectivity index (χ0) is 22.4. The molecule has 0 bridgehead atoms. The molecular formula is C20H22F3N5O3. The summed E-state index contributed by atoms with van der Waals surface area (Å²) in [5.74, 6) is 0.0548. The second-order valence-corrected chi connectivity index (χ2v) is 6.92. The average molecular weight is 437 g/mol. The third-order valence-electron chi connectivity index (χ3n) is 4.41. The number of aliphatic hydroxyl groups is 1. The van der Waals surface area contributed by atoms with Crippen LogP contribution < -0.4 is 10.1 Å². The van der Waals surface area contributed by atoms with Gasteiger partial charge in [-0.3, -0.25) is 19.4 Å². The van der Waals surface area contributed by atoms with Crippen LogP contribution in [0.3, 0.4) is 0 Å². The lowest BCUT2D eigenvalue weighted by molar-refractivity contribution is -0.139. The van der Waals surface area contributed by atoms with E-state index < -0.39 is 19.2 Å². The Morgan fingerprint density at radius 1 is 1.32 bits per heavy atom. The number of nitrogens with zero attached hydrogens (tertiary/aromatic N) is 4. The maximum Gasteiger partial charge on any atom is 0.392 e. The highest BCUT2D eigenvalue weighted by atomic mass is 19.4. The lowest BCUT2D eigenvalue weighted by atomic mass is 10.2. The molecule has 0 aliphatic rings. The number of rotatable bonds is 9. The maximum absolute atomic E-state index is 12.3.